The van der Waals surface area contributed by atoms with Crippen molar-refractivity contribution in [3.63, 3.8) is 0 Å². The van der Waals surface area contributed by atoms with Crippen LogP contribution in [0.1, 0.15) is 25.8 Å². The Balaban J connectivity index is 1.50. The number of hydrogen-bond donors (Lipinski definition) is 2. The van der Waals surface area contributed by atoms with Crippen molar-refractivity contribution >= 4 is 22.9 Å². The molecule has 0 radical (unpaired) electrons. The highest BCUT2D eigenvalue weighted by Crippen LogP contribution is 2.10. The van der Waals surface area contributed by atoms with Gasteiger partial charge >= 0.3 is 11.7 Å². The van der Waals surface area contributed by atoms with Gasteiger partial charge in [0.15, 0.2) is 0 Å². The second-order valence-corrected chi connectivity index (χ2v) is 7.57. The second-order valence-electron chi connectivity index (χ2n) is 7.57. The van der Waals surface area contributed by atoms with E-state index < -0.39 is 12.0 Å². The van der Waals surface area contributed by atoms with Crippen LogP contribution in [0.4, 0.5) is 0 Å². The zero-order valence-corrected chi connectivity index (χ0v) is 17.3. The quantitative estimate of drug-likeness (QED) is 0.420. The van der Waals surface area contributed by atoms with E-state index >= 15 is 0 Å². The van der Waals surface area contributed by atoms with Gasteiger partial charge in [-0.25, -0.2) is 9.59 Å². The van der Waals surface area contributed by atoms with Crippen LogP contribution in [0.5, 0.6) is 0 Å². The van der Waals surface area contributed by atoms with Crippen LogP contribution in [0.3, 0.4) is 0 Å². The molecule has 0 aliphatic heterocycles. The van der Waals surface area contributed by atoms with Crippen LogP contribution < -0.4 is 11.0 Å². The molecule has 3 aromatic rings. The number of ether oxygens (including phenoxy) is 1. The van der Waals surface area contributed by atoms with Gasteiger partial charge in [0, 0.05) is 6.54 Å². The number of imidazole rings is 1. The van der Waals surface area contributed by atoms with Crippen LogP contribution in [0.15, 0.2) is 59.4 Å². The highest BCUT2D eigenvalue weighted by atomic mass is 16.5. The molecule has 0 aliphatic carbocycles. The number of rotatable bonds is 9. The number of fused-ring (bicyclic) bond motifs is 1. The molecule has 1 atom stereocenters. The van der Waals surface area contributed by atoms with Crippen LogP contribution >= 0.6 is 0 Å². The maximum absolute atomic E-state index is 12.5. The number of amides is 1. The lowest BCUT2D eigenvalue weighted by Gasteiger charge is -2.21. The van der Waals surface area contributed by atoms with Crippen LogP contribution in [0.2, 0.25) is 0 Å². The van der Waals surface area contributed by atoms with E-state index in [4.69, 9.17) is 4.74 Å². The first-order valence-corrected chi connectivity index (χ1v) is 10.1. The molecule has 0 unspecified atom stereocenters. The van der Waals surface area contributed by atoms with Gasteiger partial charge < -0.3 is 15.0 Å². The number of esters is 1. The Morgan fingerprint density at radius 2 is 1.77 bits per heavy atom. The summed E-state index contributed by atoms with van der Waals surface area (Å²) in [6.07, 6.45) is 0.705. The van der Waals surface area contributed by atoms with Crippen molar-refractivity contribution in [1.82, 2.24) is 14.9 Å². The summed E-state index contributed by atoms with van der Waals surface area (Å²) in [4.78, 5) is 39.7. The number of nitrogens with zero attached hydrogens (tertiary/aromatic N) is 1. The fourth-order valence-electron chi connectivity index (χ4n) is 3.32. The maximum Gasteiger partial charge on any atom is 0.328 e. The Bertz CT molecular complexity index is 1050. The number of carbonyl (C=O) groups is 2. The number of benzene rings is 2. The summed E-state index contributed by atoms with van der Waals surface area (Å²) in [6.45, 7) is 4.33. The molecule has 2 N–H and O–H groups in total. The molecule has 1 aromatic heterocycles. The Morgan fingerprint density at radius 1 is 1.07 bits per heavy atom. The van der Waals surface area contributed by atoms with Gasteiger partial charge in [-0.3, -0.25) is 9.36 Å². The summed E-state index contributed by atoms with van der Waals surface area (Å²) in [5.74, 6) is -0.784. The lowest BCUT2D eigenvalue weighted by Crippen LogP contribution is -2.46. The highest BCUT2D eigenvalue weighted by Gasteiger charge is 2.25. The Labute approximate surface area is 175 Å². The smallest absolute Gasteiger partial charge is 0.328 e. The number of aryl methyl sites for hydroxylation is 1. The molecule has 7 heteroatoms. The fraction of sp³-hybridized carbons (Fsp3) is 0.348. The zero-order valence-electron chi connectivity index (χ0n) is 17.3. The average Bonchev–Trinajstić information content (AvgIpc) is 3.05. The summed E-state index contributed by atoms with van der Waals surface area (Å²) in [5, 5.41) is 2.78. The van der Waals surface area contributed by atoms with Crippen LogP contribution in [0.25, 0.3) is 11.0 Å². The van der Waals surface area contributed by atoms with Gasteiger partial charge in [0.05, 0.1) is 24.1 Å². The number of para-hydroxylation sites is 2. The maximum atomic E-state index is 12.5. The van der Waals surface area contributed by atoms with Gasteiger partial charge in [-0.15, -0.1) is 0 Å². The van der Waals surface area contributed by atoms with Gasteiger partial charge in [-0.1, -0.05) is 56.3 Å². The van der Waals surface area contributed by atoms with Crippen molar-refractivity contribution in [3.05, 3.63) is 70.6 Å². The molecule has 1 amide bonds. The van der Waals surface area contributed by atoms with Gasteiger partial charge in [-0.05, 0) is 30.0 Å². The summed E-state index contributed by atoms with van der Waals surface area (Å²) in [5.41, 5.74) is 2.30. The summed E-state index contributed by atoms with van der Waals surface area (Å²) in [7, 11) is 0. The molecule has 0 aliphatic rings. The molecule has 0 spiro atoms. The third kappa shape index (κ3) is 5.37. The van der Waals surface area contributed by atoms with E-state index in [0.29, 0.717) is 13.0 Å². The van der Waals surface area contributed by atoms with Gasteiger partial charge in [0.1, 0.15) is 6.04 Å². The van der Waals surface area contributed by atoms with E-state index in [1.54, 1.807) is 4.57 Å². The summed E-state index contributed by atoms with van der Waals surface area (Å²) >= 11 is 0. The fourth-order valence-corrected chi connectivity index (χ4v) is 3.32. The molecule has 0 bridgehead atoms. The van der Waals surface area contributed by atoms with E-state index in [0.717, 1.165) is 16.6 Å². The topological polar surface area (TPSA) is 93.2 Å². The highest BCUT2D eigenvalue weighted by molar-refractivity contribution is 5.85. The van der Waals surface area contributed by atoms with E-state index in [1.165, 1.54) is 0 Å². The number of H-pyrrole nitrogens is 1. The molecule has 7 nitrogen and oxygen atoms in total. The monoisotopic (exact) mass is 409 g/mol. The summed E-state index contributed by atoms with van der Waals surface area (Å²) in [6, 6.07) is 16.1. The molecular formula is C23H27N3O4. The van der Waals surface area contributed by atoms with E-state index in [1.807, 2.05) is 68.4 Å². The lowest BCUT2D eigenvalue weighted by molar-refractivity contribution is -0.149. The summed E-state index contributed by atoms with van der Waals surface area (Å²) < 4.78 is 7.02. The first kappa shape index (κ1) is 21.4. The SMILES string of the molecule is CC(C)[C@@H](NC(=O)Cc1ccccc1)C(=O)OCCCn1c(=O)[nH]c2ccccc21. The van der Waals surface area contributed by atoms with Crippen molar-refractivity contribution in [1.29, 1.82) is 0 Å². The molecule has 1 heterocycles. The van der Waals surface area contributed by atoms with Crippen molar-refractivity contribution in [2.75, 3.05) is 6.61 Å². The third-order valence-corrected chi connectivity index (χ3v) is 4.90. The predicted octanol–water partition coefficient (Wildman–Crippen LogP) is 2.65. The second kappa shape index (κ2) is 9.91. The molecule has 30 heavy (non-hydrogen) atoms. The van der Waals surface area contributed by atoms with Crippen molar-refractivity contribution in [2.45, 2.75) is 39.3 Å². The van der Waals surface area contributed by atoms with Gasteiger partial charge in [0.25, 0.3) is 0 Å². The van der Waals surface area contributed by atoms with Gasteiger partial charge in [-0.2, -0.15) is 0 Å². The van der Waals surface area contributed by atoms with Crippen molar-refractivity contribution in [2.24, 2.45) is 5.92 Å². The van der Waals surface area contributed by atoms with Crippen molar-refractivity contribution in [3.8, 4) is 0 Å². The lowest BCUT2D eigenvalue weighted by atomic mass is 10.0. The zero-order chi connectivity index (χ0) is 21.5. The first-order chi connectivity index (χ1) is 14.5. The number of aromatic amines is 1. The number of carbonyl (C=O) groups excluding carboxylic acids is 2. The van der Waals surface area contributed by atoms with Crippen molar-refractivity contribution < 1.29 is 14.3 Å². The largest absolute Gasteiger partial charge is 0.464 e. The minimum atomic E-state index is -0.711. The number of nitrogens with one attached hydrogen (secondary N) is 2. The molecular weight excluding hydrogens is 382 g/mol. The van der Waals surface area contributed by atoms with E-state index in [9.17, 15) is 14.4 Å². The number of hydrogen-bond acceptors (Lipinski definition) is 4. The molecule has 2 aromatic carbocycles. The minimum Gasteiger partial charge on any atom is -0.464 e. The van der Waals surface area contributed by atoms with Crippen LogP contribution in [-0.4, -0.2) is 34.1 Å². The number of aromatic nitrogens is 2. The van der Waals surface area contributed by atoms with E-state index in [2.05, 4.69) is 10.3 Å². The predicted molar refractivity (Wildman–Crippen MR) is 115 cm³/mol. The normalized spacial score (nSPS) is 12.1. The molecule has 0 saturated heterocycles. The molecule has 0 saturated carbocycles. The molecule has 158 valence electrons. The Morgan fingerprint density at radius 3 is 2.50 bits per heavy atom. The Hall–Kier alpha value is -3.35. The third-order valence-electron chi connectivity index (χ3n) is 4.90. The van der Waals surface area contributed by atoms with Crippen LogP contribution in [0, 0.1) is 5.92 Å². The van der Waals surface area contributed by atoms with E-state index in [-0.39, 0.29) is 30.5 Å². The van der Waals surface area contributed by atoms with Crippen LogP contribution in [-0.2, 0) is 27.3 Å². The average molecular weight is 409 g/mol. The molecule has 3 rings (SSSR count). The Kier molecular flexibility index (Phi) is 7.06. The first-order valence-electron chi connectivity index (χ1n) is 10.1. The molecule has 0 fully saturated rings. The van der Waals surface area contributed by atoms with Gasteiger partial charge in [0.2, 0.25) is 5.91 Å². The standard InChI is InChI=1S/C23H27N3O4/c1-16(2)21(25-20(27)15-17-9-4-3-5-10-17)22(28)30-14-8-13-26-19-12-7-6-11-18(19)24-23(26)29/h3-7,9-12,16,21H,8,13-15H2,1-2H3,(H,24,29)(H,25,27)/t21-/m1/s1. The minimum absolute atomic E-state index is 0.103.